The molecule has 0 radical (unpaired) electrons. The van der Waals surface area contributed by atoms with Crippen LogP contribution in [0, 0.1) is 0 Å². The fraction of sp³-hybridized carbons (Fsp3) is 0.176. The van der Waals surface area contributed by atoms with Gasteiger partial charge in [-0.05, 0) is 30.3 Å². The first-order valence-corrected chi connectivity index (χ1v) is 9.02. The lowest BCUT2D eigenvalue weighted by Gasteiger charge is -2.08. The fourth-order valence-electron chi connectivity index (χ4n) is 1.88. The van der Waals surface area contributed by atoms with Crippen LogP contribution < -0.4 is 11.0 Å². The van der Waals surface area contributed by atoms with Gasteiger partial charge in [0, 0.05) is 35.9 Å². The maximum Gasteiger partial charge on any atom is 0.0639 e. The summed E-state index contributed by atoms with van der Waals surface area (Å²) in [5, 5.41) is 1.26. The maximum atomic E-state index is 5.73. The maximum absolute atomic E-state index is 5.73. The van der Waals surface area contributed by atoms with E-state index in [4.69, 9.17) is 5.73 Å². The molecule has 0 saturated heterocycles. The van der Waals surface area contributed by atoms with Gasteiger partial charge in [0.25, 0.3) is 0 Å². The van der Waals surface area contributed by atoms with E-state index < -0.39 is 0 Å². The Hall–Kier alpha value is -2.03. The summed E-state index contributed by atoms with van der Waals surface area (Å²) < 4.78 is 0. The number of hydrogen-bond acceptors (Lipinski definition) is 3. The summed E-state index contributed by atoms with van der Waals surface area (Å²) in [5.74, 6) is 0. The van der Waals surface area contributed by atoms with Gasteiger partial charge in [-0.25, -0.2) is 0 Å². The van der Waals surface area contributed by atoms with Crippen molar-refractivity contribution in [3.63, 3.8) is 0 Å². The van der Waals surface area contributed by atoms with Crippen LogP contribution in [-0.4, -0.2) is 30.0 Å². The summed E-state index contributed by atoms with van der Waals surface area (Å²) in [4.78, 5) is 8.77. The molecule has 2 aromatic rings. The Kier molecular flexibility index (Phi) is 7.44. The minimum Gasteiger partial charge on any atom is -0.412 e. The molecule has 0 aliphatic rings. The third-order valence-corrected chi connectivity index (χ3v) is 4.38. The van der Waals surface area contributed by atoms with Crippen LogP contribution in [0.1, 0.15) is 11.1 Å². The minimum absolute atomic E-state index is 0. The summed E-state index contributed by atoms with van der Waals surface area (Å²) in [5.41, 5.74) is 8.83. The van der Waals surface area contributed by atoms with Crippen LogP contribution in [0.15, 0.2) is 60.0 Å². The molecule has 0 unspecified atom stereocenters. The molecular formula is C17H22N3OP. The predicted octanol–water partition coefficient (Wildman–Crippen LogP) is 2.19. The Bertz CT molecular complexity index is 639. The molecular weight excluding hydrogens is 293 g/mol. The van der Waals surface area contributed by atoms with Crippen molar-refractivity contribution < 1.29 is 5.48 Å². The van der Waals surface area contributed by atoms with Crippen LogP contribution in [0.25, 0.3) is 5.57 Å². The zero-order valence-electron chi connectivity index (χ0n) is 12.9. The van der Waals surface area contributed by atoms with Crippen molar-refractivity contribution in [2.75, 3.05) is 13.3 Å². The Labute approximate surface area is 132 Å². The number of pyridine rings is 1. The van der Waals surface area contributed by atoms with Crippen molar-refractivity contribution in [1.82, 2.24) is 4.98 Å². The second-order valence-electron chi connectivity index (χ2n) is 4.90. The van der Waals surface area contributed by atoms with Gasteiger partial charge in [0.05, 0.1) is 6.54 Å². The highest BCUT2D eigenvalue weighted by molar-refractivity contribution is 7.64. The predicted molar refractivity (Wildman–Crippen MR) is 97.1 cm³/mol. The lowest BCUT2D eigenvalue weighted by molar-refractivity contribution is 0.824. The van der Waals surface area contributed by atoms with E-state index >= 15 is 0 Å². The molecule has 0 fully saturated rings. The number of rotatable bonds is 5. The molecule has 116 valence electrons. The third kappa shape index (κ3) is 5.06. The Morgan fingerprint density at radius 1 is 1.23 bits per heavy atom. The van der Waals surface area contributed by atoms with Crippen molar-refractivity contribution in [3.05, 3.63) is 66.1 Å². The number of aromatic nitrogens is 1. The van der Waals surface area contributed by atoms with Gasteiger partial charge in [0.1, 0.15) is 0 Å². The summed E-state index contributed by atoms with van der Waals surface area (Å²) in [6, 6.07) is 12.3. The van der Waals surface area contributed by atoms with E-state index in [0.717, 1.165) is 11.1 Å². The zero-order valence-corrected chi connectivity index (χ0v) is 13.8. The molecule has 4 nitrogen and oxygen atoms in total. The van der Waals surface area contributed by atoms with E-state index in [0.29, 0.717) is 6.54 Å². The lowest BCUT2D eigenvalue weighted by Crippen LogP contribution is -2.03. The number of allylic oxidation sites excluding steroid dienone is 1. The van der Waals surface area contributed by atoms with Crippen LogP contribution in [0.5, 0.6) is 0 Å². The van der Waals surface area contributed by atoms with Crippen LogP contribution in [0.3, 0.4) is 0 Å². The van der Waals surface area contributed by atoms with Crippen LogP contribution in [0.2, 0.25) is 0 Å². The molecule has 4 N–H and O–H groups in total. The average molecular weight is 315 g/mol. The number of nitrogens with zero attached hydrogens (tertiary/aromatic N) is 2. The highest BCUT2D eigenvalue weighted by Gasteiger charge is 2.03. The molecule has 5 heteroatoms. The van der Waals surface area contributed by atoms with Crippen LogP contribution in [0.4, 0.5) is 0 Å². The Morgan fingerprint density at radius 2 is 1.95 bits per heavy atom. The third-order valence-electron chi connectivity index (χ3n) is 3.10. The van der Waals surface area contributed by atoms with Crippen molar-refractivity contribution in [2.24, 2.45) is 10.7 Å². The number of benzene rings is 1. The molecule has 22 heavy (non-hydrogen) atoms. The van der Waals surface area contributed by atoms with Gasteiger partial charge in [0.15, 0.2) is 0 Å². The van der Waals surface area contributed by atoms with Crippen LogP contribution in [-0.2, 0) is 6.54 Å². The highest BCUT2D eigenvalue weighted by atomic mass is 31.1. The fourth-order valence-corrected chi connectivity index (χ4v) is 2.57. The van der Waals surface area contributed by atoms with Gasteiger partial charge in [0.2, 0.25) is 0 Å². The molecule has 0 amide bonds. The molecule has 0 aliphatic heterocycles. The normalized spacial score (nSPS) is 11.7. The summed E-state index contributed by atoms with van der Waals surface area (Å²) in [7, 11) is -0.166. The summed E-state index contributed by atoms with van der Waals surface area (Å²) in [6.07, 6.45) is 7.16. The number of aliphatic imine (C=N–C) groups is 1. The largest absolute Gasteiger partial charge is 0.412 e. The average Bonchev–Trinajstić information content (AvgIpc) is 2.52. The smallest absolute Gasteiger partial charge is 0.0639 e. The Balaban J connectivity index is 0.00000242. The first-order valence-electron chi connectivity index (χ1n) is 6.79. The topological polar surface area (TPSA) is 82.8 Å². The molecule has 1 aromatic heterocycles. The van der Waals surface area contributed by atoms with Crippen molar-refractivity contribution in [3.8, 4) is 0 Å². The van der Waals surface area contributed by atoms with E-state index in [1.807, 2.05) is 36.8 Å². The monoisotopic (exact) mass is 315 g/mol. The van der Waals surface area contributed by atoms with Gasteiger partial charge in [-0.3, -0.25) is 9.98 Å². The molecule has 0 saturated carbocycles. The highest BCUT2D eigenvalue weighted by Crippen LogP contribution is 2.24. The molecule has 1 aromatic carbocycles. The first kappa shape index (κ1) is 18.0. The second-order valence-corrected chi connectivity index (χ2v) is 7.21. The van der Waals surface area contributed by atoms with E-state index in [-0.39, 0.29) is 13.4 Å². The quantitative estimate of drug-likeness (QED) is 0.677. The zero-order chi connectivity index (χ0) is 15.1. The first-order chi connectivity index (χ1) is 10.2. The molecule has 1 heterocycles. The number of hydrogen-bond donors (Lipinski definition) is 1. The summed E-state index contributed by atoms with van der Waals surface area (Å²) >= 11 is 0. The molecule has 0 aliphatic carbocycles. The van der Waals surface area contributed by atoms with E-state index in [1.54, 1.807) is 6.20 Å². The van der Waals surface area contributed by atoms with Gasteiger partial charge in [-0.15, -0.1) is 0 Å². The van der Waals surface area contributed by atoms with E-state index in [2.05, 4.69) is 41.5 Å². The van der Waals surface area contributed by atoms with Gasteiger partial charge in [-0.2, -0.15) is 0 Å². The summed E-state index contributed by atoms with van der Waals surface area (Å²) in [6.45, 7) is 5.08. The van der Waals surface area contributed by atoms with Crippen LogP contribution >= 0.6 is 7.92 Å². The van der Waals surface area contributed by atoms with E-state index in [1.165, 1.54) is 10.9 Å². The lowest BCUT2D eigenvalue weighted by atomic mass is 10.1. The number of nitrogens with two attached hydrogens (primary N) is 1. The van der Waals surface area contributed by atoms with Gasteiger partial charge in [-0.1, -0.05) is 38.3 Å². The standard InChI is InChI=1S/C17H20N3P.H2O/c1-21(2)17-8-15(11-20-13-17)16(9-18)12-19-10-14-6-4-3-5-7-14;/h3-9,11-13H,10,18H2,1-2H3;1H2/b16-9+,19-12?;. The minimum atomic E-state index is -0.166. The molecule has 2 rings (SSSR count). The van der Waals surface area contributed by atoms with E-state index in [9.17, 15) is 0 Å². The second kappa shape index (κ2) is 9.08. The van der Waals surface area contributed by atoms with Gasteiger partial charge < -0.3 is 11.2 Å². The van der Waals surface area contributed by atoms with Crippen molar-refractivity contribution >= 4 is 25.0 Å². The van der Waals surface area contributed by atoms with Crippen molar-refractivity contribution in [2.45, 2.75) is 6.54 Å². The molecule has 0 bridgehead atoms. The van der Waals surface area contributed by atoms with Gasteiger partial charge >= 0.3 is 0 Å². The molecule has 0 atom stereocenters. The SMILES string of the molecule is CP(C)c1cncc(/C(C=NCc2ccccc2)=C/N)c1.O. The van der Waals surface area contributed by atoms with Crippen molar-refractivity contribution in [1.29, 1.82) is 0 Å². The Morgan fingerprint density at radius 3 is 2.59 bits per heavy atom. The molecule has 0 spiro atoms.